The van der Waals surface area contributed by atoms with Gasteiger partial charge in [-0.2, -0.15) is 0 Å². The lowest BCUT2D eigenvalue weighted by atomic mass is 9.68. The van der Waals surface area contributed by atoms with Crippen LogP contribution in [-0.2, 0) is 0 Å². The number of hydrogen-bond donors (Lipinski definition) is 1. The van der Waals surface area contributed by atoms with Gasteiger partial charge in [0.2, 0.25) is 0 Å². The molecule has 0 amide bonds. The highest BCUT2D eigenvalue weighted by molar-refractivity contribution is 4.88. The van der Waals surface area contributed by atoms with Crippen molar-refractivity contribution in [3.8, 4) is 0 Å². The quantitative estimate of drug-likeness (QED) is 0.808. The molecule has 0 aromatic rings. The van der Waals surface area contributed by atoms with Crippen molar-refractivity contribution in [1.82, 2.24) is 10.2 Å². The van der Waals surface area contributed by atoms with Gasteiger partial charge in [-0.1, -0.05) is 33.1 Å². The molecule has 1 N–H and O–H groups in total. The minimum absolute atomic E-state index is 0.764. The molecule has 1 atom stereocenters. The van der Waals surface area contributed by atoms with Crippen LogP contribution in [0.25, 0.3) is 0 Å². The second-order valence-corrected chi connectivity index (χ2v) is 6.77. The highest BCUT2D eigenvalue weighted by atomic mass is 15.1. The lowest BCUT2D eigenvalue weighted by Gasteiger charge is -2.44. The van der Waals surface area contributed by atoms with Crippen LogP contribution in [0.5, 0.6) is 0 Å². The van der Waals surface area contributed by atoms with Gasteiger partial charge in [0.25, 0.3) is 0 Å². The molecule has 2 nitrogen and oxygen atoms in total. The summed E-state index contributed by atoms with van der Waals surface area (Å²) < 4.78 is 0. The summed E-state index contributed by atoms with van der Waals surface area (Å²) in [6.45, 7) is 10.9. The van der Waals surface area contributed by atoms with Crippen molar-refractivity contribution in [2.45, 2.75) is 58.8 Å². The first-order chi connectivity index (χ1) is 8.74. The zero-order valence-corrected chi connectivity index (χ0v) is 12.5. The smallest absolute Gasteiger partial charge is 0.00191 e. The Bertz CT molecular complexity index is 223. The second kappa shape index (κ2) is 6.91. The Morgan fingerprint density at radius 3 is 2.33 bits per heavy atom. The molecule has 1 heterocycles. The molecule has 0 bridgehead atoms. The lowest BCUT2D eigenvalue weighted by molar-refractivity contribution is 0.0610. The van der Waals surface area contributed by atoms with Crippen molar-refractivity contribution in [2.24, 2.45) is 11.3 Å². The number of likely N-dealkylation sites (tertiary alicyclic amines) is 1. The van der Waals surface area contributed by atoms with Crippen LogP contribution in [0.4, 0.5) is 0 Å². The Kier molecular flexibility index (Phi) is 5.50. The van der Waals surface area contributed by atoms with Crippen LogP contribution < -0.4 is 5.32 Å². The van der Waals surface area contributed by atoms with Crippen molar-refractivity contribution >= 4 is 0 Å². The van der Waals surface area contributed by atoms with E-state index < -0.39 is 0 Å². The molecule has 2 fully saturated rings. The molecule has 1 aliphatic heterocycles. The number of nitrogens with one attached hydrogen (secondary N) is 1. The van der Waals surface area contributed by atoms with Crippen LogP contribution >= 0.6 is 0 Å². The largest absolute Gasteiger partial charge is 0.317 e. The Hall–Kier alpha value is -0.0800. The summed E-state index contributed by atoms with van der Waals surface area (Å²) >= 11 is 0. The van der Waals surface area contributed by atoms with Crippen LogP contribution in [0.1, 0.15) is 58.8 Å². The highest BCUT2D eigenvalue weighted by Crippen LogP contribution is 2.44. The van der Waals surface area contributed by atoms with Crippen molar-refractivity contribution in [3.05, 3.63) is 0 Å². The topological polar surface area (TPSA) is 15.3 Å². The third-order valence-electron chi connectivity index (χ3n) is 5.14. The van der Waals surface area contributed by atoms with E-state index in [0.717, 1.165) is 17.9 Å². The molecule has 2 rings (SSSR count). The van der Waals surface area contributed by atoms with Gasteiger partial charge in [0.1, 0.15) is 0 Å². The summed E-state index contributed by atoms with van der Waals surface area (Å²) in [6, 6.07) is 0. The van der Waals surface area contributed by atoms with Gasteiger partial charge in [-0.05, 0) is 63.2 Å². The first-order valence-corrected chi connectivity index (χ1v) is 8.17. The molecule has 1 spiro atoms. The van der Waals surface area contributed by atoms with Gasteiger partial charge >= 0.3 is 0 Å². The van der Waals surface area contributed by atoms with Crippen LogP contribution in [0.2, 0.25) is 0 Å². The average molecular weight is 252 g/mol. The van der Waals surface area contributed by atoms with Gasteiger partial charge in [0, 0.05) is 6.54 Å². The van der Waals surface area contributed by atoms with E-state index in [2.05, 4.69) is 24.1 Å². The van der Waals surface area contributed by atoms with Crippen molar-refractivity contribution in [2.75, 3.05) is 32.7 Å². The van der Waals surface area contributed by atoms with E-state index in [0.29, 0.717) is 0 Å². The molecule has 1 unspecified atom stereocenters. The molecule has 0 aromatic carbocycles. The van der Waals surface area contributed by atoms with Crippen LogP contribution in [-0.4, -0.2) is 37.6 Å². The SMILES string of the molecule is CCNCC(C)CN1CCC2(CCCCC2)CC1. The molecular weight excluding hydrogens is 220 g/mol. The molecule has 1 saturated carbocycles. The highest BCUT2D eigenvalue weighted by Gasteiger charge is 2.35. The normalized spacial score (nSPS) is 26.3. The Labute approximate surface area is 114 Å². The third kappa shape index (κ3) is 3.96. The van der Waals surface area contributed by atoms with E-state index in [-0.39, 0.29) is 0 Å². The summed E-state index contributed by atoms with van der Waals surface area (Å²) in [5, 5.41) is 3.47. The second-order valence-electron chi connectivity index (χ2n) is 6.77. The summed E-state index contributed by atoms with van der Waals surface area (Å²) in [5.74, 6) is 0.797. The van der Waals surface area contributed by atoms with Crippen LogP contribution in [0.15, 0.2) is 0 Å². The van der Waals surface area contributed by atoms with E-state index in [4.69, 9.17) is 0 Å². The first-order valence-electron chi connectivity index (χ1n) is 8.17. The molecule has 0 aromatic heterocycles. The van der Waals surface area contributed by atoms with Gasteiger partial charge in [-0.15, -0.1) is 0 Å². The van der Waals surface area contributed by atoms with E-state index in [1.807, 2.05) is 0 Å². The number of rotatable bonds is 5. The van der Waals surface area contributed by atoms with E-state index in [1.165, 1.54) is 71.1 Å². The van der Waals surface area contributed by atoms with Gasteiger partial charge in [-0.3, -0.25) is 0 Å². The molecule has 1 aliphatic carbocycles. The zero-order chi connectivity index (χ0) is 12.8. The Balaban J connectivity index is 1.69. The molecule has 2 heteroatoms. The summed E-state index contributed by atoms with van der Waals surface area (Å²) in [4.78, 5) is 2.71. The predicted molar refractivity (Wildman–Crippen MR) is 78.9 cm³/mol. The molecular formula is C16H32N2. The van der Waals surface area contributed by atoms with Crippen molar-refractivity contribution < 1.29 is 0 Å². The van der Waals surface area contributed by atoms with Gasteiger partial charge in [0.05, 0.1) is 0 Å². The minimum Gasteiger partial charge on any atom is -0.317 e. The van der Waals surface area contributed by atoms with E-state index in [1.54, 1.807) is 0 Å². The summed E-state index contributed by atoms with van der Waals surface area (Å²) in [6.07, 6.45) is 10.5. The fourth-order valence-electron chi connectivity index (χ4n) is 3.91. The van der Waals surface area contributed by atoms with E-state index >= 15 is 0 Å². The maximum Gasteiger partial charge on any atom is 0.00191 e. The fourth-order valence-corrected chi connectivity index (χ4v) is 3.91. The lowest BCUT2D eigenvalue weighted by Crippen LogP contribution is -2.43. The standard InChI is InChI=1S/C16H32N2/c1-3-17-13-15(2)14-18-11-9-16(10-12-18)7-5-4-6-8-16/h15,17H,3-14H2,1-2H3. The predicted octanol–water partition coefficient (Wildman–Crippen LogP) is 3.28. The molecule has 2 aliphatic rings. The maximum atomic E-state index is 3.47. The number of piperidine rings is 1. The first kappa shape index (κ1) is 14.3. The van der Waals surface area contributed by atoms with E-state index in [9.17, 15) is 0 Å². The average Bonchev–Trinajstić information content (AvgIpc) is 2.40. The maximum absolute atomic E-state index is 3.47. The van der Waals surface area contributed by atoms with Crippen LogP contribution in [0.3, 0.4) is 0 Å². The minimum atomic E-state index is 0.764. The number of nitrogens with zero attached hydrogens (tertiary/aromatic N) is 1. The Morgan fingerprint density at radius 2 is 1.72 bits per heavy atom. The van der Waals surface area contributed by atoms with Crippen molar-refractivity contribution in [1.29, 1.82) is 0 Å². The number of hydrogen-bond acceptors (Lipinski definition) is 2. The van der Waals surface area contributed by atoms with Gasteiger partial charge < -0.3 is 10.2 Å². The third-order valence-corrected chi connectivity index (χ3v) is 5.14. The molecule has 106 valence electrons. The fraction of sp³-hybridized carbons (Fsp3) is 1.00. The van der Waals surface area contributed by atoms with Crippen molar-refractivity contribution in [3.63, 3.8) is 0 Å². The summed E-state index contributed by atoms with van der Waals surface area (Å²) in [7, 11) is 0. The summed E-state index contributed by atoms with van der Waals surface area (Å²) in [5.41, 5.74) is 0.764. The molecule has 0 radical (unpaired) electrons. The molecule has 18 heavy (non-hydrogen) atoms. The zero-order valence-electron chi connectivity index (χ0n) is 12.5. The monoisotopic (exact) mass is 252 g/mol. The Morgan fingerprint density at radius 1 is 1.06 bits per heavy atom. The van der Waals surface area contributed by atoms with Gasteiger partial charge in [-0.25, -0.2) is 0 Å². The van der Waals surface area contributed by atoms with Crippen LogP contribution in [0, 0.1) is 11.3 Å². The van der Waals surface area contributed by atoms with Gasteiger partial charge in [0.15, 0.2) is 0 Å². The molecule has 1 saturated heterocycles.